The van der Waals surface area contributed by atoms with Crippen molar-refractivity contribution in [2.75, 3.05) is 16.3 Å². The summed E-state index contributed by atoms with van der Waals surface area (Å²) in [6.45, 7) is 4.90. The lowest BCUT2D eigenvalue weighted by Gasteiger charge is -2.59. The maximum absolute atomic E-state index is 13.7. The molecule has 2 fully saturated rings. The van der Waals surface area contributed by atoms with E-state index in [0.29, 0.717) is 18.5 Å². The van der Waals surface area contributed by atoms with E-state index in [0.717, 1.165) is 23.9 Å². The van der Waals surface area contributed by atoms with Gasteiger partial charge in [0.2, 0.25) is 0 Å². The largest absolute Gasteiger partial charge is 0.416 e. The smallest absolute Gasteiger partial charge is 0.393 e. The highest BCUT2D eigenvalue weighted by atomic mass is 19.4. The first-order valence-electron chi connectivity index (χ1n) is 12.1. The number of anilines is 2. The Hall–Kier alpha value is -2.99. The fraction of sp³-hybridized carbons (Fsp3) is 0.379. The predicted octanol–water partition coefficient (Wildman–Crippen LogP) is 6.90. The number of fused-ring (bicyclic) bond motifs is 1. The van der Waals surface area contributed by atoms with Crippen LogP contribution >= 0.6 is 0 Å². The Balaban J connectivity index is 1.71. The molecule has 6 heteroatoms. The summed E-state index contributed by atoms with van der Waals surface area (Å²) in [6.07, 6.45) is -3.83. The van der Waals surface area contributed by atoms with E-state index in [4.69, 9.17) is 0 Å². The molecule has 1 N–H and O–H groups in total. The summed E-state index contributed by atoms with van der Waals surface area (Å²) < 4.78 is 41.2. The van der Waals surface area contributed by atoms with Crippen molar-refractivity contribution < 1.29 is 18.3 Å². The average Bonchev–Trinajstić information content (AvgIpc) is 2.83. The highest BCUT2D eigenvalue weighted by molar-refractivity contribution is 5.59. The van der Waals surface area contributed by atoms with Gasteiger partial charge in [-0.3, -0.25) is 0 Å². The predicted molar refractivity (Wildman–Crippen MR) is 133 cm³/mol. The standard InChI is InChI=1S/C29H31F3N2O/c1-28(2)17-25-24(26(35)18-28)19-33(22-12-5-3-6-13-22)27(34(25)23-14-7-4-8-15-23)20-10-9-11-21(16-20)29(30,31)32/h3-16,24-27,35H,17-19H2,1-2H3. The molecule has 0 amide bonds. The third-order valence-electron chi connectivity index (χ3n) is 7.49. The topological polar surface area (TPSA) is 26.7 Å². The molecule has 4 atom stereocenters. The fourth-order valence-corrected chi connectivity index (χ4v) is 6.00. The molecule has 5 rings (SSSR count). The Kier molecular flexibility index (Phi) is 6.04. The van der Waals surface area contributed by atoms with Gasteiger partial charge in [0.25, 0.3) is 0 Å². The molecule has 0 spiro atoms. The van der Waals surface area contributed by atoms with E-state index >= 15 is 0 Å². The summed E-state index contributed by atoms with van der Waals surface area (Å²) in [6, 6.07) is 25.4. The van der Waals surface area contributed by atoms with Crippen molar-refractivity contribution in [2.24, 2.45) is 11.3 Å². The summed E-state index contributed by atoms with van der Waals surface area (Å²) in [4.78, 5) is 4.41. The molecule has 3 aromatic rings. The number of hydrogen-bond donors (Lipinski definition) is 1. The Morgan fingerprint density at radius 1 is 0.829 bits per heavy atom. The van der Waals surface area contributed by atoms with E-state index < -0.39 is 24.0 Å². The van der Waals surface area contributed by atoms with Crippen LogP contribution in [0.1, 0.15) is 44.0 Å². The third kappa shape index (κ3) is 4.64. The van der Waals surface area contributed by atoms with Crippen molar-refractivity contribution in [3.8, 4) is 0 Å². The maximum atomic E-state index is 13.7. The minimum atomic E-state index is -4.43. The van der Waals surface area contributed by atoms with Crippen LogP contribution in [-0.4, -0.2) is 23.8 Å². The molecular formula is C29H31F3N2O. The second-order valence-electron chi connectivity index (χ2n) is 10.6. The van der Waals surface area contributed by atoms with E-state index in [1.807, 2.05) is 60.7 Å². The summed E-state index contributed by atoms with van der Waals surface area (Å²) in [7, 11) is 0. The third-order valence-corrected chi connectivity index (χ3v) is 7.49. The van der Waals surface area contributed by atoms with Crippen LogP contribution in [0.4, 0.5) is 24.5 Å². The fourth-order valence-electron chi connectivity index (χ4n) is 6.00. The molecule has 3 nitrogen and oxygen atoms in total. The van der Waals surface area contributed by atoms with Crippen LogP contribution in [0, 0.1) is 11.3 Å². The Labute approximate surface area is 204 Å². The number of halogens is 3. The van der Waals surface area contributed by atoms with Gasteiger partial charge in [-0.15, -0.1) is 0 Å². The molecule has 0 bridgehead atoms. The minimum absolute atomic E-state index is 0.0179. The minimum Gasteiger partial charge on any atom is -0.393 e. The van der Waals surface area contributed by atoms with E-state index in [1.54, 1.807) is 6.07 Å². The molecule has 35 heavy (non-hydrogen) atoms. The van der Waals surface area contributed by atoms with Gasteiger partial charge in [-0.25, -0.2) is 0 Å². The van der Waals surface area contributed by atoms with Crippen molar-refractivity contribution in [2.45, 2.75) is 51.2 Å². The van der Waals surface area contributed by atoms with Gasteiger partial charge in [0.15, 0.2) is 0 Å². The van der Waals surface area contributed by atoms with Crippen LogP contribution in [0.15, 0.2) is 84.9 Å². The maximum Gasteiger partial charge on any atom is 0.416 e. The number of aliphatic hydroxyl groups excluding tert-OH is 1. The van der Waals surface area contributed by atoms with Gasteiger partial charge in [0, 0.05) is 29.9 Å². The zero-order chi connectivity index (χ0) is 24.8. The number of para-hydroxylation sites is 2. The molecule has 2 aliphatic rings. The molecule has 1 aliphatic heterocycles. The molecule has 1 heterocycles. The van der Waals surface area contributed by atoms with E-state index in [-0.39, 0.29) is 17.4 Å². The van der Waals surface area contributed by atoms with E-state index in [1.165, 1.54) is 12.1 Å². The number of hydrogen-bond acceptors (Lipinski definition) is 3. The van der Waals surface area contributed by atoms with Crippen LogP contribution < -0.4 is 9.80 Å². The van der Waals surface area contributed by atoms with E-state index in [2.05, 4.69) is 23.6 Å². The van der Waals surface area contributed by atoms with Gasteiger partial charge >= 0.3 is 6.18 Å². The highest BCUT2D eigenvalue weighted by Crippen LogP contribution is 2.50. The van der Waals surface area contributed by atoms with Gasteiger partial charge in [0.1, 0.15) is 6.17 Å². The summed E-state index contributed by atoms with van der Waals surface area (Å²) >= 11 is 0. The second kappa shape index (κ2) is 8.90. The van der Waals surface area contributed by atoms with Gasteiger partial charge < -0.3 is 14.9 Å². The first-order chi connectivity index (χ1) is 16.6. The highest BCUT2D eigenvalue weighted by Gasteiger charge is 2.50. The lowest BCUT2D eigenvalue weighted by atomic mass is 9.66. The molecule has 3 aromatic carbocycles. The van der Waals surface area contributed by atoms with Crippen LogP contribution in [0.5, 0.6) is 0 Å². The SMILES string of the molecule is CC1(C)CC(O)C2CN(c3ccccc3)C(c3cccc(C(F)(F)F)c3)N(c3ccccc3)C2C1. The van der Waals surface area contributed by atoms with E-state index in [9.17, 15) is 18.3 Å². The Morgan fingerprint density at radius 2 is 1.46 bits per heavy atom. The Bertz CT molecular complexity index is 1150. The molecule has 184 valence electrons. The van der Waals surface area contributed by atoms with Gasteiger partial charge in [-0.1, -0.05) is 62.4 Å². The quantitative estimate of drug-likeness (QED) is 0.442. The van der Waals surface area contributed by atoms with Crippen molar-refractivity contribution in [1.82, 2.24) is 0 Å². The molecular weight excluding hydrogens is 449 g/mol. The van der Waals surface area contributed by atoms with Crippen LogP contribution in [0.2, 0.25) is 0 Å². The molecule has 1 saturated heterocycles. The number of benzene rings is 3. The number of alkyl halides is 3. The zero-order valence-corrected chi connectivity index (χ0v) is 20.0. The lowest BCUT2D eigenvalue weighted by Crippen LogP contribution is -2.64. The van der Waals surface area contributed by atoms with Gasteiger partial charge in [0.05, 0.1) is 11.7 Å². The monoisotopic (exact) mass is 480 g/mol. The van der Waals surface area contributed by atoms with Gasteiger partial charge in [-0.2, -0.15) is 13.2 Å². The zero-order valence-electron chi connectivity index (χ0n) is 20.0. The molecule has 1 saturated carbocycles. The summed E-state index contributed by atoms with van der Waals surface area (Å²) in [5.41, 5.74) is 1.72. The van der Waals surface area contributed by atoms with Crippen LogP contribution in [0.25, 0.3) is 0 Å². The van der Waals surface area contributed by atoms with Crippen molar-refractivity contribution in [3.63, 3.8) is 0 Å². The molecule has 0 aromatic heterocycles. The lowest BCUT2D eigenvalue weighted by molar-refractivity contribution is -0.137. The van der Waals surface area contributed by atoms with Crippen molar-refractivity contribution >= 4 is 11.4 Å². The van der Waals surface area contributed by atoms with Crippen LogP contribution in [0.3, 0.4) is 0 Å². The first-order valence-corrected chi connectivity index (χ1v) is 12.1. The number of aliphatic hydroxyl groups is 1. The van der Waals surface area contributed by atoms with Crippen LogP contribution in [-0.2, 0) is 6.18 Å². The first kappa shape index (κ1) is 23.7. The summed E-state index contributed by atoms with van der Waals surface area (Å²) in [5.74, 6) is -0.0366. The molecule has 0 radical (unpaired) electrons. The number of nitrogens with zero attached hydrogens (tertiary/aromatic N) is 2. The Morgan fingerprint density at radius 3 is 2.09 bits per heavy atom. The normalized spacial score (nSPS) is 26.3. The average molecular weight is 481 g/mol. The molecule has 1 aliphatic carbocycles. The molecule has 4 unspecified atom stereocenters. The second-order valence-corrected chi connectivity index (χ2v) is 10.6. The summed E-state index contributed by atoms with van der Waals surface area (Å²) in [5, 5.41) is 11.3. The number of rotatable bonds is 3. The van der Waals surface area contributed by atoms with Gasteiger partial charge in [-0.05, 0) is 60.2 Å². The van der Waals surface area contributed by atoms with Crippen molar-refractivity contribution in [3.05, 3.63) is 96.1 Å². The van der Waals surface area contributed by atoms with Crippen molar-refractivity contribution in [1.29, 1.82) is 0 Å².